The molecule has 1 aliphatic rings. The van der Waals surface area contributed by atoms with Crippen LogP contribution in [0, 0.1) is 24.2 Å². The maximum Gasteiger partial charge on any atom is 0.0738 e. The van der Waals surface area contributed by atoms with Gasteiger partial charge in [0, 0.05) is 11.4 Å². The van der Waals surface area contributed by atoms with Gasteiger partial charge in [-0.15, -0.1) is 0 Å². The van der Waals surface area contributed by atoms with Crippen molar-refractivity contribution < 1.29 is 0 Å². The van der Waals surface area contributed by atoms with Crippen LogP contribution in [0.15, 0.2) is 4.47 Å². The Bertz CT molecular complexity index is 488. The second-order valence-corrected chi connectivity index (χ2v) is 9.49. The second-order valence-electron chi connectivity index (χ2n) is 7.52. The monoisotopic (exact) mass is 418 g/mol. The van der Waals surface area contributed by atoms with E-state index < -0.39 is 0 Å². The maximum absolute atomic E-state index is 4.64. The van der Waals surface area contributed by atoms with Crippen molar-refractivity contribution in [3.63, 3.8) is 0 Å². The van der Waals surface area contributed by atoms with E-state index in [0.717, 1.165) is 24.6 Å². The molecule has 120 valence electrons. The van der Waals surface area contributed by atoms with E-state index in [-0.39, 0.29) is 0 Å². The molecule has 0 amide bonds. The summed E-state index contributed by atoms with van der Waals surface area (Å²) in [6.07, 6.45) is 5.09. The van der Waals surface area contributed by atoms with Gasteiger partial charge in [-0.1, -0.05) is 36.7 Å². The van der Waals surface area contributed by atoms with Crippen LogP contribution in [0.2, 0.25) is 0 Å². The van der Waals surface area contributed by atoms with Crippen LogP contribution in [0.3, 0.4) is 0 Å². The van der Waals surface area contributed by atoms with Crippen molar-refractivity contribution in [2.75, 3.05) is 0 Å². The third-order valence-corrected chi connectivity index (χ3v) is 7.26. The number of aryl methyl sites for hydroxylation is 2. The van der Waals surface area contributed by atoms with E-state index in [1.54, 1.807) is 0 Å². The molecule has 2 nitrogen and oxygen atoms in total. The Morgan fingerprint density at radius 1 is 1.29 bits per heavy atom. The summed E-state index contributed by atoms with van der Waals surface area (Å²) < 4.78 is 3.38. The zero-order valence-electron chi connectivity index (χ0n) is 13.9. The Balaban J connectivity index is 2.17. The first-order chi connectivity index (χ1) is 9.74. The molecule has 0 spiro atoms. The fourth-order valence-corrected chi connectivity index (χ4v) is 4.65. The third-order valence-electron chi connectivity index (χ3n) is 5.02. The summed E-state index contributed by atoms with van der Waals surface area (Å²) in [5.41, 5.74) is 2.91. The zero-order chi connectivity index (χ0) is 15.8. The van der Waals surface area contributed by atoms with Gasteiger partial charge in [0.25, 0.3) is 0 Å². The highest BCUT2D eigenvalue weighted by Crippen LogP contribution is 2.44. The molecule has 2 rings (SSSR count). The van der Waals surface area contributed by atoms with E-state index in [1.807, 2.05) is 0 Å². The highest BCUT2D eigenvalue weighted by atomic mass is 79.9. The van der Waals surface area contributed by atoms with Crippen molar-refractivity contribution in [3.8, 4) is 0 Å². The van der Waals surface area contributed by atoms with Gasteiger partial charge < -0.3 is 0 Å². The van der Waals surface area contributed by atoms with Crippen LogP contribution in [0.25, 0.3) is 0 Å². The molecule has 0 N–H and O–H groups in total. The van der Waals surface area contributed by atoms with Gasteiger partial charge in [-0.3, -0.25) is 4.68 Å². The van der Waals surface area contributed by atoms with Gasteiger partial charge in [0.1, 0.15) is 0 Å². The van der Waals surface area contributed by atoms with Gasteiger partial charge in [0.15, 0.2) is 0 Å². The first-order valence-corrected chi connectivity index (χ1v) is 9.80. The minimum atomic E-state index is 0.420. The molecule has 4 heteroatoms. The van der Waals surface area contributed by atoms with Crippen LogP contribution in [-0.2, 0) is 13.0 Å². The second kappa shape index (κ2) is 6.74. The van der Waals surface area contributed by atoms with Gasteiger partial charge in [0.05, 0.1) is 15.9 Å². The minimum absolute atomic E-state index is 0.420. The molecule has 1 aliphatic carbocycles. The number of aromatic nitrogens is 2. The molecule has 1 aromatic rings. The molecule has 0 radical (unpaired) electrons. The predicted molar refractivity (Wildman–Crippen MR) is 97.0 cm³/mol. The van der Waals surface area contributed by atoms with E-state index in [2.05, 4.69) is 76.3 Å². The molecule has 0 aliphatic heterocycles. The summed E-state index contributed by atoms with van der Waals surface area (Å²) >= 11 is 7.68. The number of alkyl halides is 1. The van der Waals surface area contributed by atoms with Crippen LogP contribution in [0.1, 0.15) is 58.3 Å². The van der Waals surface area contributed by atoms with Crippen molar-refractivity contribution in [1.82, 2.24) is 9.78 Å². The molecule has 0 aromatic carbocycles. The van der Waals surface area contributed by atoms with E-state index in [9.17, 15) is 0 Å². The lowest BCUT2D eigenvalue weighted by Crippen LogP contribution is -2.33. The first kappa shape index (κ1) is 17.5. The van der Waals surface area contributed by atoms with E-state index in [0.29, 0.717) is 16.2 Å². The van der Waals surface area contributed by atoms with Crippen LogP contribution in [-0.4, -0.2) is 14.6 Å². The molecular weight excluding hydrogens is 392 g/mol. The highest BCUT2D eigenvalue weighted by molar-refractivity contribution is 9.10. The van der Waals surface area contributed by atoms with Crippen LogP contribution < -0.4 is 0 Å². The van der Waals surface area contributed by atoms with Crippen molar-refractivity contribution in [2.24, 2.45) is 17.3 Å². The molecule has 1 aromatic heterocycles. The van der Waals surface area contributed by atoms with Crippen molar-refractivity contribution >= 4 is 31.9 Å². The predicted octanol–water partition coefficient (Wildman–Crippen LogP) is 5.74. The van der Waals surface area contributed by atoms with E-state index in [1.165, 1.54) is 29.4 Å². The molecular formula is C17H28Br2N2. The SMILES string of the molecule is CCn1nc(C)c(Br)c1CC1CC(C(C)(C)C)CCC1Br. The Labute approximate surface area is 146 Å². The lowest BCUT2D eigenvalue weighted by molar-refractivity contribution is 0.145. The maximum atomic E-state index is 4.64. The Morgan fingerprint density at radius 3 is 2.52 bits per heavy atom. The van der Waals surface area contributed by atoms with Crippen molar-refractivity contribution in [2.45, 2.75) is 71.7 Å². The average molecular weight is 420 g/mol. The zero-order valence-corrected chi connectivity index (χ0v) is 17.1. The normalized spacial score (nSPS) is 27.1. The summed E-state index contributed by atoms with van der Waals surface area (Å²) in [7, 11) is 0. The molecule has 3 atom stereocenters. The third kappa shape index (κ3) is 3.93. The van der Waals surface area contributed by atoms with Gasteiger partial charge >= 0.3 is 0 Å². The Morgan fingerprint density at radius 2 is 1.95 bits per heavy atom. The summed E-state index contributed by atoms with van der Waals surface area (Å²) in [5, 5.41) is 4.64. The fourth-order valence-electron chi connectivity index (χ4n) is 3.54. The average Bonchev–Trinajstić information content (AvgIpc) is 2.67. The van der Waals surface area contributed by atoms with Gasteiger partial charge in [-0.2, -0.15) is 5.10 Å². The van der Waals surface area contributed by atoms with Crippen LogP contribution in [0.5, 0.6) is 0 Å². The van der Waals surface area contributed by atoms with Crippen LogP contribution in [0.4, 0.5) is 0 Å². The largest absolute Gasteiger partial charge is 0.268 e. The molecule has 3 unspecified atom stereocenters. The summed E-state index contributed by atoms with van der Waals surface area (Å²) in [6.45, 7) is 12.4. The fraction of sp³-hybridized carbons (Fsp3) is 0.824. The minimum Gasteiger partial charge on any atom is -0.268 e. The van der Waals surface area contributed by atoms with Gasteiger partial charge in [-0.05, 0) is 72.7 Å². The quantitative estimate of drug-likeness (QED) is 0.570. The first-order valence-electron chi connectivity index (χ1n) is 8.09. The Kier molecular flexibility index (Phi) is 5.62. The van der Waals surface area contributed by atoms with Crippen molar-refractivity contribution in [3.05, 3.63) is 15.9 Å². The summed E-state index contributed by atoms with van der Waals surface area (Å²) in [5.74, 6) is 1.54. The standard InChI is InChI=1S/C17H28Br2N2/c1-6-21-15(16(19)11(2)20-21)10-12-9-13(17(3,4)5)7-8-14(12)18/h12-14H,6-10H2,1-5H3. The summed E-state index contributed by atoms with van der Waals surface area (Å²) in [6, 6.07) is 0. The highest BCUT2D eigenvalue weighted by Gasteiger charge is 2.35. The Hall–Kier alpha value is 0.170. The molecule has 0 saturated heterocycles. The van der Waals surface area contributed by atoms with Gasteiger partial charge in [0.2, 0.25) is 0 Å². The molecule has 0 bridgehead atoms. The summed E-state index contributed by atoms with van der Waals surface area (Å²) in [4.78, 5) is 0.642. The smallest absolute Gasteiger partial charge is 0.0738 e. The number of hydrogen-bond donors (Lipinski definition) is 0. The number of halogens is 2. The molecule has 1 fully saturated rings. The molecule has 1 saturated carbocycles. The van der Waals surface area contributed by atoms with E-state index >= 15 is 0 Å². The molecule has 21 heavy (non-hydrogen) atoms. The number of hydrogen-bond acceptors (Lipinski definition) is 1. The van der Waals surface area contributed by atoms with Crippen LogP contribution >= 0.6 is 31.9 Å². The molecule has 1 heterocycles. The van der Waals surface area contributed by atoms with Crippen molar-refractivity contribution in [1.29, 1.82) is 0 Å². The van der Waals surface area contributed by atoms with E-state index in [4.69, 9.17) is 0 Å². The topological polar surface area (TPSA) is 17.8 Å². The van der Waals surface area contributed by atoms with Gasteiger partial charge in [-0.25, -0.2) is 0 Å². The number of nitrogens with zero attached hydrogens (tertiary/aromatic N) is 2. The lowest BCUT2D eigenvalue weighted by atomic mass is 9.68. The number of rotatable bonds is 3. The lowest BCUT2D eigenvalue weighted by Gasteiger charge is -2.40.